The number of anilines is 1. The van der Waals surface area contributed by atoms with Gasteiger partial charge in [-0.1, -0.05) is 37.5 Å². The van der Waals surface area contributed by atoms with Crippen molar-refractivity contribution in [3.63, 3.8) is 0 Å². The van der Waals surface area contributed by atoms with Crippen molar-refractivity contribution in [2.45, 2.75) is 59.3 Å². The third-order valence-corrected chi connectivity index (χ3v) is 5.84. The van der Waals surface area contributed by atoms with Crippen molar-refractivity contribution in [3.8, 4) is 17.6 Å². The number of pyridine rings is 1. The van der Waals surface area contributed by atoms with E-state index in [0.29, 0.717) is 29.2 Å². The monoisotopic (exact) mass is 482 g/mol. The number of aryl methyl sites for hydroxylation is 1. The van der Waals surface area contributed by atoms with E-state index in [-0.39, 0.29) is 5.91 Å². The van der Waals surface area contributed by atoms with Gasteiger partial charge >= 0.3 is 5.97 Å². The van der Waals surface area contributed by atoms with E-state index in [4.69, 9.17) is 9.47 Å². The van der Waals surface area contributed by atoms with Gasteiger partial charge < -0.3 is 14.4 Å². The molecule has 0 saturated carbocycles. The minimum absolute atomic E-state index is 0.161. The van der Waals surface area contributed by atoms with Crippen LogP contribution in [0.2, 0.25) is 0 Å². The van der Waals surface area contributed by atoms with E-state index in [1.807, 2.05) is 24.3 Å². The van der Waals surface area contributed by atoms with Crippen LogP contribution in [-0.4, -0.2) is 22.6 Å². The summed E-state index contributed by atoms with van der Waals surface area (Å²) in [5, 5.41) is 0. The number of fused-ring (bicyclic) bond motifs is 1. The minimum Gasteiger partial charge on any atom is -0.452 e. The summed E-state index contributed by atoms with van der Waals surface area (Å²) in [6.07, 6.45) is 5.18. The molecule has 0 saturated heterocycles. The number of aromatic nitrogens is 1. The first-order valence-electron chi connectivity index (χ1n) is 12.1. The van der Waals surface area contributed by atoms with Crippen molar-refractivity contribution in [1.29, 1.82) is 0 Å². The summed E-state index contributed by atoms with van der Waals surface area (Å²) in [6.45, 7) is 7.33. The molecule has 0 spiro atoms. The summed E-state index contributed by atoms with van der Waals surface area (Å²) in [6, 6.07) is 17.1. The summed E-state index contributed by atoms with van der Waals surface area (Å²) < 4.78 is 11.0. The molecule has 6 heteroatoms. The van der Waals surface area contributed by atoms with Crippen LogP contribution < -0.4 is 9.64 Å². The Bertz CT molecular complexity index is 1320. The second-order valence-corrected chi connectivity index (χ2v) is 9.28. The van der Waals surface area contributed by atoms with Crippen molar-refractivity contribution in [1.82, 2.24) is 4.98 Å². The number of hydrogen-bond donors (Lipinski definition) is 0. The van der Waals surface area contributed by atoms with E-state index in [0.717, 1.165) is 17.5 Å². The quantitative estimate of drug-likeness (QED) is 0.335. The molecule has 0 atom stereocenters. The summed E-state index contributed by atoms with van der Waals surface area (Å²) in [4.78, 5) is 30.9. The fourth-order valence-corrected chi connectivity index (χ4v) is 3.93. The molecule has 1 aliphatic heterocycles. The minimum atomic E-state index is -1.03. The molecule has 184 valence electrons. The average molecular weight is 483 g/mol. The van der Waals surface area contributed by atoms with E-state index in [1.165, 1.54) is 25.3 Å². The van der Waals surface area contributed by atoms with Crippen molar-refractivity contribution >= 4 is 17.6 Å². The molecule has 0 bridgehead atoms. The summed E-state index contributed by atoms with van der Waals surface area (Å²) >= 11 is 0. The molecule has 3 aromatic rings. The Hall–Kier alpha value is -4.11. The molecular weight excluding hydrogens is 452 g/mol. The molecule has 0 N–H and O–H groups in total. The maximum atomic E-state index is 12.4. The Morgan fingerprint density at radius 3 is 2.42 bits per heavy atom. The number of ether oxygens (including phenoxy) is 2. The molecule has 36 heavy (non-hydrogen) atoms. The number of rotatable bonds is 6. The van der Waals surface area contributed by atoms with Crippen LogP contribution in [0.15, 0.2) is 60.8 Å². The van der Waals surface area contributed by atoms with Gasteiger partial charge in [-0.25, -0.2) is 9.78 Å². The number of esters is 1. The number of carbonyl (C=O) groups excluding carboxylic acids is 2. The molecule has 1 aliphatic rings. The van der Waals surface area contributed by atoms with Crippen LogP contribution in [0.5, 0.6) is 5.75 Å². The lowest BCUT2D eigenvalue weighted by molar-refractivity contribution is -0.127. The van der Waals surface area contributed by atoms with Crippen LogP contribution in [0.1, 0.15) is 73.3 Å². The largest absolute Gasteiger partial charge is 0.452 e. The first-order chi connectivity index (χ1) is 17.2. The highest BCUT2D eigenvalue weighted by Gasteiger charge is 2.34. The normalized spacial score (nSPS) is 13.5. The zero-order valence-corrected chi connectivity index (χ0v) is 21.1. The third kappa shape index (κ3) is 6.11. The average Bonchev–Trinajstić information content (AvgIpc) is 2.85. The molecule has 0 radical (unpaired) electrons. The highest BCUT2D eigenvalue weighted by atomic mass is 16.7. The molecule has 2 aromatic carbocycles. The van der Waals surface area contributed by atoms with Crippen LogP contribution in [0.4, 0.5) is 5.69 Å². The fourth-order valence-electron chi connectivity index (χ4n) is 3.93. The predicted octanol–water partition coefficient (Wildman–Crippen LogP) is 5.66. The van der Waals surface area contributed by atoms with Gasteiger partial charge in [-0.3, -0.25) is 4.79 Å². The number of amides is 1. The van der Waals surface area contributed by atoms with E-state index >= 15 is 0 Å². The molecule has 6 nitrogen and oxygen atoms in total. The first kappa shape index (κ1) is 25.0. The molecule has 1 amide bonds. The second-order valence-electron chi connectivity index (χ2n) is 9.28. The van der Waals surface area contributed by atoms with E-state index in [2.05, 4.69) is 35.9 Å². The van der Waals surface area contributed by atoms with Gasteiger partial charge in [0.25, 0.3) is 0 Å². The van der Waals surface area contributed by atoms with Gasteiger partial charge in [0.1, 0.15) is 17.0 Å². The van der Waals surface area contributed by atoms with E-state index in [9.17, 15) is 9.59 Å². The molecule has 4 rings (SSSR count). The Balaban J connectivity index is 1.46. The molecule has 2 heterocycles. The maximum absolute atomic E-state index is 12.4. The van der Waals surface area contributed by atoms with Gasteiger partial charge in [0, 0.05) is 38.2 Å². The van der Waals surface area contributed by atoms with Gasteiger partial charge in [-0.05, 0) is 66.3 Å². The molecule has 1 aromatic heterocycles. The summed E-state index contributed by atoms with van der Waals surface area (Å²) in [5.41, 5.74) is 4.63. The number of cyclic esters (lactones) is 1. The van der Waals surface area contributed by atoms with Gasteiger partial charge in [0.15, 0.2) is 0 Å². The van der Waals surface area contributed by atoms with E-state index in [1.54, 1.807) is 43.1 Å². The van der Waals surface area contributed by atoms with Gasteiger partial charge in [0.05, 0.1) is 6.54 Å². The summed E-state index contributed by atoms with van der Waals surface area (Å²) in [7, 11) is 0. The van der Waals surface area contributed by atoms with Crippen LogP contribution in [-0.2, 0) is 22.5 Å². The number of hydrogen-bond acceptors (Lipinski definition) is 5. The predicted molar refractivity (Wildman–Crippen MR) is 139 cm³/mol. The van der Waals surface area contributed by atoms with E-state index < -0.39 is 11.8 Å². The number of nitrogens with zero attached hydrogens (tertiary/aromatic N) is 2. The lowest BCUT2D eigenvalue weighted by Crippen LogP contribution is -2.39. The smallest absolute Gasteiger partial charge is 0.345 e. The zero-order valence-electron chi connectivity index (χ0n) is 21.1. The molecule has 0 aliphatic carbocycles. The number of benzene rings is 2. The fraction of sp³-hybridized carbons (Fsp3) is 0.300. The van der Waals surface area contributed by atoms with Gasteiger partial charge in [0.2, 0.25) is 11.7 Å². The molecule has 0 unspecified atom stereocenters. The van der Waals surface area contributed by atoms with Crippen LogP contribution >= 0.6 is 0 Å². The van der Waals surface area contributed by atoms with Gasteiger partial charge in [-0.15, -0.1) is 0 Å². The van der Waals surface area contributed by atoms with Crippen molar-refractivity contribution in [2.24, 2.45) is 0 Å². The Morgan fingerprint density at radius 2 is 1.75 bits per heavy atom. The number of unbranched alkanes of at least 4 members (excludes halogenated alkanes) is 1. The Labute approximate surface area is 212 Å². The van der Waals surface area contributed by atoms with Crippen molar-refractivity contribution in [3.05, 3.63) is 88.7 Å². The Kier molecular flexibility index (Phi) is 7.40. The highest BCUT2D eigenvalue weighted by molar-refractivity contribution is 5.97. The van der Waals surface area contributed by atoms with Crippen molar-refractivity contribution < 1.29 is 19.1 Å². The standard InChI is InChI=1S/C30H30N2O4/c1-5-6-7-22-8-10-23(11-9-22)12-14-25-15-13-24(19-31-25)20-32(21(2)33)26-16-17-28-27(18-26)29(34)36-30(3,4)35-28/h8-11,13,15-19H,5-7,20H2,1-4H3. The lowest BCUT2D eigenvalue weighted by atomic mass is 10.1. The first-order valence-corrected chi connectivity index (χ1v) is 12.1. The molecule has 0 fully saturated rings. The van der Waals surface area contributed by atoms with Crippen molar-refractivity contribution in [2.75, 3.05) is 4.90 Å². The third-order valence-electron chi connectivity index (χ3n) is 5.84. The lowest BCUT2D eigenvalue weighted by Gasteiger charge is -2.32. The van der Waals surface area contributed by atoms with Crippen LogP contribution in [0.25, 0.3) is 0 Å². The summed E-state index contributed by atoms with van der Waals surface area (Å²) in [5.74, 6) is 5.02. The maximum Gasteiger partial charge on any atom is 0.345 e. The second kappa shape index (κ2) is 10.7. The van der Waals surface area contributed by atoms with Crippen LogP contribution in [0, 0.1) is 11.8 Å². The zero-order chi connectivity index (χ0) is 25.7. The highest BCUT2D eigenvalue weighted by Crippen LogP contribution is 2.34. The molecular formula is C30H30N2O4. The topological polar surface area (TPSA) is 68.7 Å². The van der Waals surface area contributed by atoms with Crippen LogP contribution in [0.3, 0.4) is 0 Å². The Morgan fingerprint density at radius 1 is 1.00 bits per heavy atom. The number of carbonyl (C=O) groups is 2. The SMILES string of the molecule is CCCCc1ccc(C#Cc2ccc(CN(C(C)=O)c3ccc4c(c3)C(=O)OC(C)(C)O4)cn2)cc1. The van der Waals surface area contributed by atoms with Gasteiger partial charge in [-0.2, -0.15) is 0 Å².